The van der Waals surface area contributed by atoms with Gasteiger partial charge in [-0.25, -0.2) is 0 Å². The predicted molar refractivity (Wildman–Crippen MR) is 67.0 cm³/mol. The number of nitriles is 1. The highest BCUT2D eigenvalue weighted by atomic mass is 16.5. The first-order chi connectivity index (χ1) is 8.63. The first-order valence-corrected chi connectivity index (χ1v) is 5.77. The Balaban J connectivity index is 1.89. The number of carbonyl (C=O) groups is 1. The Bertz CT molecular complexity index is 489. The van der Waals surface area contributed by atoms with Crippen molar-refractivity contribution in [1.29, 1.82) is 5.26 Å². The summed E-state index contributed by atoms with van der Waals surface area (Å²) in [4.78, 5) is 11.7. The van der Waals surface area contributed by atoms with Crippen LogP contribution < -0.4 is 10.6 Å². The van der Waals surface area contributed by atoms with E-state index in [1.807, 2.05) is 13.0 Å². The van der Waals surface area contributed by atoms with Crippen LogP contribution in [0, 0.1) is 11.3 Å². The predicted octanol–water partition coefficient (Wildman–Crippen LogP) is 0.875. The summed E-state index contributed by atoms with van der Waals surface area (Å²) in [6.07, 6.45) is 0. The standard InChI is InChI=1S/C13H15N3O2/c1-13(8-15-9-13)18-7-12(17)16-11-5-3-2-4-10(11)6-14/h2-5,15H,7-9H2,1H3,(H,16,17). The maximum atomic E-state index is 11.7. The minimum Gasteiger partial charge on any atom is -0.363 e. The summed E-state index contributed by atoms with van der Waals surface area (Å²) in [6.45, 7) is 3.47. The van der Waals surface area contributed by atoms with Crippen LogP contribution in [0.1, 0.15) is 12.5 Å². The van der Waals surface area contributed by atoms with Gasteiger partial charge in [-0.1, -0.05) is 12.1 Å². The maximum Gasteiger partial charge on any atom is 0.250 e. The van der Waals surface area contributed by atoms with Crippen LogP contribution in [0.25, 0.3) is 0 Å². The molecule has 1 aromatic carbocycles. The van der Waals surface area contributed by atoms with Gasteiger partial charge < -0.3 is 15.4 Å². The number of carbonyl (C=O) groups excluding carboxylic acids is 1. The van der Waals surface area contributed by atoms with Gasteiger partial charge >= 0.3 is 0 Å². The van der Waals surface area contributed by atoms with Crippen LogP contribution in [0.4, 0.5) is 5.69 Å². The van der Waals surface area contributed by atoms with Crippen LogP contribution in [0.2, 0.25) is 0 Å². The summed E-state index contributed by atoms with van der Waals surface area (Å²) in [6, 6.07) is 8.92. The molecular formula is C13H15N3O2. The van der Waals surface area contributed by atoms with Crippen LogP contribution in [-0.2, 0) is 9.53 Å². The molecule has 1 heterocycles. The molecule has 0 bridgehead atoms. The van der Waals surface area contributed by atoms with E-state index in [1.54, 1.807) is 24.3 Å². The topological polar surface area (TPSA) is 74.1 Å². The van der Waals surface area contributed by atoms with E-state index in [2.05, 4.69) is 10.6 Å². The number of ether oxygens (including phenoxy) is 1. The van der Waals surface area contributed by atoms with E-state index in [1.165, 1.54) is 0 Å². The summed E-state index contributed by atoms with van der Waals surface area (Å²) >= 11 is 0. The van der Waals surface area contributed by atoms with Crippen LogP contribution >= 0.6 is 0 Å². The molecule has 94 valence electrons. The van der Waals surface area contributed by atoms with Crippen molar-refractivity contribution in [2.45, 2.75) is 12.5 Å². The molecule has 1 saturated heterocycles. The maximum absolute atomic E-state index is 11.7. The van der Waals surface area contributed by atoms with E-state index < -0.39 is 0 Å². The molecule has 1 aliphatic rings. The molecule has 1 amide bonds. The molecule has 0 unspecified atom stereocenters. The second-order valence-electron chi connectivity index (χ2n) is 4.55. The van der Waals surface area contributed by atoms with Gasteiger partial charge in [-0.05, 0) is 19.1 Å². The van der Waals surface area contributed by atoms with Gasteiger partial charge in [0.05, 0.1) is 16.9 Å². The SMILES string of the molecule is CC1(OCC(=O)Nc2ccccc2C#N)CNC1. The number of nitrogens with one attached hydrogen (secondary N) is 2. The number of rotatable bonds is 4. The van der Waals surface area contributed by atoms with Gasteiger partial charge in [0, 0.05) is 13.1 Å². The highest BCUT2D eigenvalue weighted by Gasteiger charge is 2.33. The molecule has 1 aliphatic heterocycles. The van der Waals surface area contributed by atoms with Crippen LogP contribution in [0.3, 0.4) is 0 Å². The van der Waals surface area contributed by atoms with E-state index in [-0.39, 0.29) is 18.1 Å². The lowest BCUT2D eigenvalue weighted by molar-refractivity contribution is -0.130. The van der Waals surface area contributed by atoms with Gasteiger partial charge in [-0.2, -0.15) is 5.26 Å². The molecule has 1 fully saturated rings. The van der Waals surface area contributed by atoms with E-state index in [0.29, 0.717) is 11.3 Å². The van der Waals surface area contributed by atoms with Crippen molar-refractivity contribution in [3.05, 3.63) is 29.8 Å². The Kier molecular flexibility index (Phi) is 3.60. The molecule has 2 N–H and O–H groups in total. The normalized spacial score (nSPS) is 16.4. The number of benzene rings is 1. The lowest BCUT2D eigenvalue weighted by Gasteiger charge is -2.38. The lowest BCUT2D eigenvalue weighted by Crippen LogP contribution is -2.59. The van der Waals surface area contributed by atoms with Crippen molar-refractivity contribution in [3.63, 3.8) is 0 Å². The molecule has 0 radical (unpaired) electrons. The summed E-state index contributed by atoms with van der Waals surface area (Å²) in [5, 5.41) is 14.7. The fraction of sp³-hybridized carbons (Fsp3) is 0.385. The van der Waals surface area contributed by atoms with Crippen molar-refractivity contribution < 1.29 is 9.53 Å². The van der Waals surface area contributed by atoms with Crippen molar-refractivity contribution in [2.75, 3.05) is 25.0 Å². The molecule has 18 heavy (non-hydrogen) atoms. The zero-order valence-electron chi connectivity index (χ0n) is 10.2. The molecule has 0 aromatic heterocycles. The Labute approximate surface area is 106 Å². The Morgan fingerprint density at radius 1 is 1.56 bits per heavy atom. The van der Waals surface area contributed by atoms with Gasteiger partial charge in [-0.15, -0.1) is 0 Å². The monoisotopic (exact) mass is 245 g/mol. The first kappa shape index (κ1) is 12.6. The quantitative estimate of drug-likeness (QED) is 0.825. The summed E-state index contributed by atoms with van der Waals surface area (Å²) in [5.41, 5.74) is 0.722. The molecule has 0 saturated carbocycles. The molecule has 0 aliphatic carbocycles. The van der Waals surface area contributed by atoms with E-state index in [4.69, 9.17) is 10.00 Å². The number of hydrogen-bond acceptors (Lipinski definition) is 4. The fourth-order valence-electron chi connectivity index (χ4n) is 1.69. The average Bonchev–Trinajstić information content (AvgIpc) is 2.35. The summed E-state index contributed by atoms with van der Waals surface area (Å²) in [5.74, 6) is -0.245. The Morgan fingerprint density at radius 3 is 2.89 bits per heavy atom. The van der Waals surface area contributed by atoms with Gasteiger partial charge in [0.1, 0.15) is 12.7 Å². The average molecular weight is 245 g/mol. The number of para-hydroxylation sites is 1. The third-order valence-corrected chi connectivity index (χ3v) is 2.87. The van der Waals surface area contributed by atoms with Crippen molar-refractivity contribution in [2.24, 2.45) is 0 Å². The van der Waals surface area contributed by atoms with Crippen LogP contribution in [0.15, 0.2) is 24.3 Å². The van der Waals surface area contributed by atoms with Crippen LogP contribution in [-0.4, -0.2) is 31.2 Å². The van der Waals surface area contributed by atoms with Crippen molar-refractivity contribution in [3.8, 4) is 6.07 Å². The third kappa shape index (κ3) is 2.86. The minimum absolute atomic E-state index is 0.00204. The van der Waals surface area contributed by atoms with Crippen LogP contribution in [0.5, 0.6) is 0 Å². The zero-order valence-corrected chi connectivity index (χ0v) is 10.2. The number of nitrogens with zero attached hydrogens (tertiary/aromatic N) is 1. The molecule has 0 atom stereocenters. The number of anilines is 1. The molecule has 0 spiro atoms. The van der Waals surface area contributed by atoms with Gasteiger partial charge in [-0.3, -0.25) is 4.79 Å². The fourth-order valence-corrected chi connectivity index (χ4v) is 1.69. The van der Waals surface area contributed by atoms with E-state index in [0.717, 1.165) is 13.1 Å². The summed E-state index contributed by atoms with van der Waals surface area (Å²) < 4.78 is 5.52. The van der Waals surface area contributed by atoms with Gasteiger partial charge in [0.15, 0.2) is 0 Å². The van der Waals surface area contributed by atoms with Gasteiger partial charge in [0.2, 0.25) is 5.91 Å². The molecular weight excluding hydrogens is 230 g/mol. The first-order valence-electron chi connectivity index (χ1n) is 5.77. The number of hydrogen-bond donors (Lipinski definition) is 2. The highest BCUT2D eigenvalue weighted by Crippen LogP contribution is 2.16. The zero-order chi connectivity index (χ0) is 13.0. The molecule has 5 heteroatoms. The Hall–Kier alpha value is -1.90. The minimum atomic E-state index is -0.245. The van der Waals surface area contributed by atoms with Gasteiger partial charge in [0.25, 0.3) is 0 Å². The second-order valence-corrected chi connectivity index (χ2v) is 4.55. The lowest BCUT2D eigenvalue weighted by atomic mass is 10.0. The smallest absolute Gasteiger partial charge is 0.250 e. The largest absolute Gasteiger partial charge is 0.363 e. The Morgan fingerprint density at radius 2 is 2.28 bits per heavy atom. The molecule has 5 nitrogen and oxygen atoms in total. The molecule has 2 rings (SSSR count). The molecule has 1 aromatic rings. The summed E-state index contributed by atoms with van der Waals surface area (Å²) in [7, 11) is 0. The highest BCUT2D eigenvalue weighted by molar-refractivity contribution is 5.93. The van der Waals surface area contributed by atoms with E-state index >= 15 is 0 Å². The third-order valence-electron chi connectivity index (χ3n) is 2.87. The van der Waals surface area contributed by atoms with E-state index in [9.17, 15) is 4.79 Å². The van der Waals surface area contributed by atoms with Crippen molar-refractivity contribution in [1.82, 2.24) is 5.32 Å². The number of amides is 1. The second kappa shape index (κ2) is 5.17. The van der Waals surface area contributed by atoms with Crippen molar-refractivity contribution >= 4 is 11.6 Å².